The molecule has 1 atom stereocenters. The van der Waals surface area contributed by atoms with E-state index in [0.717, 1.165) is 17.7 Å². The van der Waals surface area contributed by atoms with Crippen molar-refractivity contribution < 1.29 is 40.5 Å². The van der Waals surface area contributed by atoms with E-state index in [1.165, 1.54) is 26.4 Å². The first-order valence-electron chi connectivity index (χ1n) is 11.3. The van der Waals surface area contributed by atoms with E-state index in [1.807, 2.05) is 0 Å². The molecule has 1 aliphatic rings. The molecule has 1 saturated carbocycles. The van der Waals surface area contributed by atoms with E-state index < -0.39 is 46.9 Å². The van der Waals surface area contributed by atoms with Crippen LogP contribution in [-0.2, 0) is 12.4 Å². The van der Waals surface area contributed by atoms with Crippen LogP contribution in [-0.4, -0.2) is 50.4 Å². The Kier molecular flexibility index (Phi) is 7.12. The summed E-state index contributed by atoms with van der Waals surface area (Å²) >= 11 is 0. The summed E-state index contributed by atoms with van der Waals surface area (Å²) in [6.45, 7) is 1.56. The normalized spacial score (nSPS) is 14.7. The zero-order chi connectivity index (χ0) is 27.8. The molecule has 0 aliphatic heterocycles. The Labute approximate surface area is 211 Å². The van der Waals surface area contributed by atoms with Crippen LogP contribution in [0.25, 0.3) is 11.5 Å². The number of carbonyl (C=O) groups is 2. The van der Waals surface area contributed by atoms with Crippen molar-refractivity contribution in [3.8, 4) is 11.5 Å². The third kappa shape index (κ3) is 5.75. The minimum atomic E-state index is -5.11. The van der Waals surface area contributed by atoms with Gasteiger partial charge in [-0.3, -0.25) is 14.6 Å². The molecule has 1 unspecified atom stereocenters. The highest BCUT2D eigenvalue weighted by atomic mass is 19.4. The van der Waals surface area contributed by atoms with Gasteiger partial charge in [-0.25, -0.2) is 4.98 Å². The van der Waals surface area contributed by atoms with Crippen molar-refractivity contribution in [1.82, 2.24) is 30.3 Å². The Bertz CT molecular complexity index is 1320. The highest BCUT2D eigenvalue weighted by molar-refractivity contribution is 5.95. The maximum absolute atomic E-state index is 13.5. The fourth-order valence-electron chi connectivity index (χ4n) is 3.73. The fourth-order valence-corrected chi connectivity index (χ4v) is 3.73. The minimum Gasteiger partial charge on any atom is -0.351 e. The average molecular weight is 542 g/mol. The van der Waals surface area contributed by atoms with E-state index in [1.54, 1.807) is 0 Å². The summed E-state index contributed by atoms with van der Waals surface area (Å²) in [5.74, 6) is -2.22. The van der Waals surface area contributed by atoms with E-state index in [2.05, 4.69) is 25.4 Å². The number of nitrogens with zero attached hydrogens (tertiary/aromatic N) is 5. The summed E-state index contributed by atoms with van der Waals surface area (Å²) in [6, 6.07) is -0.211. The molecule has 1 fully saturated rings. The van der Waals surface area contributed by atoms with Crippen LogP contribution in [0, 0.1) is 5.92 Å². The first kappa shape index (κ1) is 27.0. The standard InChI is InChI=1S/C23H20F6N6O3/c1-11(16-17(32-6-5-31-16)18-33-20(38-34-18)19(36)30-2)35(10-12-3-4-12)21(37)13-7-14(22(24,25)26)9-15(8-13)23(27,28)29/h5-9,11-12H,3-4,10H2,1-2H3,(H,30,36). The topological polar surface area (TPSA) is 114 Å². The van der Waals surface area contributed by atoms with Gasteiger partial charge in [-0.2, -0.15) is 31.3 Å². The molecule has 9 nitrogen and oxygen atoms in total. The van der Waals surface area contributed by atoms with Gasteiger partial charge in [-0.05, 0) is 43.9 Å². The molecule has 4 rings (SSSR count). The second kappa shape index (κ2) is 10.0. The molecule has 202 valence electrons. The summed E-state index contributed by atoms with van der Waals surface area (Å²) in [5.41, 5.74) is -3.83. The SMILES string of the molecule is CNC(=O)c1nc(-c2nccnc2C(C)N(CC2CC2)C(=O)c2cc(C(F)(F)F)cc(C(F)(F)F)c2)no1. The summed E-state index contributed by atoms with van der Waals surface area (Å²) in [7, 11) is 1.35. The van der Waals surface area contributed by atoms with E-state index in [-0.39, 0.29) is 41.6 Å². The van der Waals surface area contributed by atoms with Crippen LogP contribution in [0.4, 0.5) is 26.3 Å². The van der Waals surface area contributed by atoms with Gasteiger partial charge in [0.1, 0.15) is 5.69 Å². The first-order chi connectivity index (χ1) is 17.8. The van der Waals surface area contributed by atoms with Crippen molar-refractivity contribution in [2.75, 3.05) is 13.6 Å². The van der Waals surface area contributed by atoms with Gasteiger partial charge in [0.05, 0.1) is 22.9 Å². The van der Waals surface area contributed by atoms with Crippen molar-refractivity contribution in [3.05, 3.63) is 58.9 Å². The van der Waals surface area contributed by atoms with Crippen LogP contribution < -0.4 is 5.32 Å². The molecule has 3 aromatic rings. The number of amides is 2. The quantitative estimate of drug-likeness (QED) is 0.436. The molecule has 0 bridgehead atoms. The number of rotatable bonds is 7. The molecular formula is C23H20F6N6O3. The Hall–Kier alpha value is -4.04. The molecule has 1 aliphatic carbocycles. The van der Waals surface area contributed by atoms with Crippen LogP contribution in [0.15, 0.2) is 35.1 Å². The smallest absolute Gasteiger partial charge is 0.351 e. The van der Waals surface area contributed by atoms with Gasteiger partial charge in [-0.15, -0.1) is 0 Å². The summed E-state index contributed by atoms with van der Waals surface area (Å²) in [6.07, 6.45) is -6.16. The Morgan fingerprint density at radius 3 is 2.21 bits per heavy atom. The maximum atomic E-state index is 13.5. The van der Waals surface area contributed by atoms with Crippen LogP contribution in [0.2, 0.25) is 0 Å². The zero-order valence-electron chi connectivity index (χ0n) is 19.9. The van der Waals surface area contributed by atoms with E-state index >= 15 is 0 Å². The number of nitrogens with one attached hydrogen (secondary N) is 1. The Morgan fingerprint density at radius 1 is 1.05 bits per heavy atom. The lowest BCUT2D eigenvalue weighted by molar-refractivity contribution is -0.143. The van der Waals surface area contributed by atoms with Gasteiger partial charge in [-0.1, -0.05) is 5.16 Å². The van der Waals surface area contributed by atoms with E-state index in [0.29, 0.717) is 12.1 Å². The summed E-state index contributed by atoms with van der Waals surface area (Å²) in [5, 5.41) is 6.02. The monoisotopic (exact) mass is 542 g/mol. The van der Waals surface area contributed by atoms with Crippen LogP contribution in [0.5, 0.6) is 0 Å². The zero-order valence-corrected chi connectivity index (χ0v) is 19.9. The second-order valence-electron chi connectivity index (χ2n) is 8.66. The third-order valence-corrected chi connectivity index (χ3v) is 5.90. The molecule has 0 radical (unpaired) electrons. The van der Waals surface area contributed by atoms with Gasteiger partial charge >= 0.3 is 24.2 Å². The lowest BCUT2D eigenvalue weighted by atomic mass is 10.0. The molecule has 38 heavy (non-hydrogen) atoms. The lowest BCUT2D eigenvalue weighted by Crippen LogP contribution is -2.36. The minimum absolute atomic E-state index is 0.0134. The molecule has 0 saturated heterocycles. The van der Waals surface area contributed by atoms with Crippen molar-refractivity contribution in [1.29, 1.82) is 0 Å². The molecule has 2 heterocycles. The Morgan fingerprint density at radius 2 is 1.66 bits per heavy atom. The number of benzene rings is 1. The largest absolute Gasteiger partial charge is 0.416 e. The number of carbonyl (C=O) groups excluding carboxylic acids is 2. The molecule has 2 aromatic heterocycles. The molecule has 1 N–H and O–H groups in total. The second-order valence-corrected chi connectivity index (χ2v) is 8.66. The highest BCUT2D eigenvalue weighted by Crippen LogP contribution is 2.38. The first-order valence-corrected chi connectivity index (χ1v) is 11.3. The number of alkyl halides is 6. The molecule has 2 amide bonds. The number of halogens is 6. The van der Waals surface area contributed by atoms with Crippen molar-refractivity contribution in [3.63, 3.8) is 0 Å². The summed E-state index contributed by atoms with van der Waals surface area (Å²) < 4.78 is 85.4. The van der Waals surface area contributed by atoms with Gasteiger partial charge < -0.3 is 14.7 Å². The van der Waals surface area contributed by atoms with E-state index in [4.69, 9.17) is 4.52 Å². The average Bonchev–Trinajstić information content (AvgIpc) is 3.57. The number of hydrogen-bond acceptors (Lipinski definition) is 7. The van der Waals surface area contributed by atoms with Gasteiger partial charge in [0.2, 0.25) is 5.82 Å². The predicted octanol–water partition coefficient (Wildman–Crippen LogP) is 4.54. The van der Waals surface area contributed by atoms with Gasteiger partial charge in [0.15, 0.2) is 0 Å². The van der Waals surface area contributed by atoms with Crippen LogP contribution in [0.3, 0.4) is 0 Å². The fraction of sp³-hybridized carbons (Fsp3) is 0.391. The lowest BCUT2D eigenvalue weighted by Gasteiger charge is -2.30. The number of hydrogen-bond donors (Lipinski definition) is 1. The maximum Gasteiger partial charge on any atom is 0.416 e. The highest BCUT2D eigenvalue weighted by Gasteiger charge is 2.39. The molecule has 1 aromatic carbocycles. The van der Waals surface area contributed by atoms with Gasteiger partial charge in [0, 0.05) is 31.5 Å². The van der Waals surface area contributed by atoms with Crippen LogP contribution in [0.1, 0.15) is 63.7 Å². The molecule has 15 heteroatoms. The van der Waals surface area contributed by atoms with Gasteiger partial charge in [0.25, 0.3) is 5.91 Å². The van der Waals surface area contributed by atoms with Crippen molar-refractivity contribution in [2.45, 2.75) is 38.2 Å². The van der Waals surface area contributed by atoms with Crippen LogP contribution >= 0.6 is 0 Å². The molecular weight excluding hydrogens is 522 g/mol. The summed E-state index contributed by atoms with van der Waals surface area (Å²) in [4.78, 5) is 38.8. The van der Waals surface area contributed by atoms with E-state index in [9.17, 15) is 35.9 Å². The molecule has 0 spiro atoms. The predicted molar refractivity (Wildman–Crippen MR) is 117 cm³/mol. The van der Waals surface area contributed by atoms with Crippen molar-refractivity contribution >= 4 is 11.8 Å². The van der Waals surface area contributed by atoms with Crippen molar-refractivity contribution in [2.24, 2.45) is 5.92 Å². The Balaban J connectivity index is 1.76. The number of aromatic nitrogens is 4. The third-order valence-electron chi connectivity index (χ3n) is 5.90.